The molecule has 188 valence electrons. The molecule has 1 aromatic carbocycles. The van der Waals surface area contributed by atoms with Crippen LogP contribution in [0.15, 0.2) is 59.9 Å². The van der Waals surface area contributed by atoms with Crippen molar-refractivity contribution in [2.45, 2.75) is 32.6 Å². The molecule has 0 atom stereocenters. The lowest BCUT2D eigenvalue weighted by Gasteiger charge is -2.13. The van der Waals surface area contributed by atoms with E-state index < -0.39 is 10.0 Å². The van der Waals surface area contributed by atoms with Crippen LogP contribution >= 0.6 is 0 Å². The zero-order chi connectivity index (χ0) is 25.9. The summed E-state index contributed by atoms with van der Waals surface area (Å²) in [5.74, 6) is 1.31. The first-order chi connectivity index (χ1) is 17.1. The van der Waals surface area contributed by atoms with Gasteiger partial charge in [-0.25, -0.2) is 23.1 Å². The van der Waals surface area contributed by atoms with E-state index in [4.69, 9.17) is 9.47 Å². The van der Waals surface area contributed by atoms with Crippen LogP contribution in [0.25, 0.3) is 11.3 Å². The molecule has 0 fully saturated rings. The number of aromatic nitrogens is 5. The molecule has 0 aliphatic heterocycles. The molecule has 0 radical (unpaired) electrons. The molecule has 36 heavy (non-hydrogen) atoms. The van der Waals surface area contributed by atoms with Crippen LogP contribution in [0.2, 0.25) is 0 Å². The van der Waals surface area contributed by atoms with E-state index >= 15 is 0 Å². The molecular weight excluding hydrogens is 480 g/mol. The molecule has 0 saturated heterocycles. The molecule has 0 spiro atoms. The molecule has 0 saturated carbocycles. The van der Waals surface area contributed by atoms with E-state index in [1.54, 1.807) is 25.2 Å². The van der Waals surface area contributed by atoms with Gasteiger partial charge in [-0.3, -0.25) is 4.68 Å². The number of rotatable bonds is 9. The number of nitrogens with zero attached hydrogens (tertiary/aromatic N) is 5. The molecule has 11 heteroatoms. The van der Waals surface area contributed by atoms with Crippen LogP contribution in [-0.4, -0.2) is 39.8 Å². The van der Waals surface area contributed by atoms with Crippen LogP contribution in [0, 0.1) is 19.8 Å². The first kappa shape index (κ1) is 25.1. The largest absolute Gasteiger partial charge is 0.477 e. The standard InChI is InChI=1S/C25H28N6O4S/c1-16(2)15-34-22-10-9-19(12-26-22)35-23-11-21(24-17(3)7-6-8-18(24)4)28-25(29-23)30-36(32,33)20-13-27-31(5)14-20/h6-14,16H,15H2,1-5H3,(H,28,29,30). The Labute approximate surface area is 210 Å². The third kappa shape index (κ3) is 5.98. The van der Waals surface area contributed by atoms with Crippen molar-refractivity contribution in [2.75, 3.05) is 11.3 Å². The second kappa shape index (κ2) is 10.3. The van der Waals surface area contributed by atoms with Crippen molar-refractivity contribution in [2.24, 2.45) is 13.0 Å². The first-order valence-corrected chi connectivity index (χ1v) is 12.8. The molecular formula is C25H28N6O4S. The molecule has 1 N–H and O–H groups in total. The molecule has 3 heterocycles. The van der Waals surface area contributed by atoms with Crippen molar-refractivity contribution >= 4 is 16.0 Å². The Bertz CT molecular complexity index is 1450. The highest BCUT2D eigenvalue weighted by Crippen LogP contribution is 2.31. The van der Waals surface area contributed by atoms with Gasteiger partial charge in [0.05, 0.1) is 24.7 Å². The minimum Gasteiger partial charge on any atom is -0.477 e. The van der Waals surface area contributed by atoms with Crippen molar-refractivity contribution in [1.29, 1.82) is 0 Å². The van der Waals surface area contributed by atoms with Crippen LogP contribution in [0.4, 0.5) is 5.95 Å². The Balaban J connectivity index is 1.69. The second-order valence-corrected chi connectivity index (χ2v) is 10.5. The third-order valence-electron chi connectivity index (χ3n) is 5.15. The van der Waals surface area contributed by atoms with E-state index in [1.165, 1.54) is 23.3 Å². The maximum absolute atomic E-state index is 12.9. The maximum Gasteiger partial charge on any atom is 0.267 e. The van der Waals surface area contributed by atoms with Crippen molar-refractivity contribution in [3.05, 3.63) is 66.1 Å². The summed E-state index contributed by atoms with van der Waals surface area (Å²) in [6, 6.07) is 11.0. The fraction of sp³-hybridized carbons (Fsp3) is 0.280. The topological polar surface area (TPSA) is 121 Å². The van der Waals surface area contributed by atoms with Crippen molar-refractivity contribution in [3.8, 4) is 28.8 Å². The van der Waals surface area contributed by atoms with Crippen LogP contribution in [0.1, 0.15) is 25.0 Å². The molecule has 4 rings (SSSR count). The molecule has 0 amide bonds. The van der Waals surface area contributed by atoms with Crippen molar-refractivity contribution in [1.82, 2.24) is 24.7 Å². The predicted molar refractivity (Wildman–Crippen MR) is 136 cm³/mol. The number of anilines is 1. The van der Waals surface area contributed by atoms with Gasteiger partial charge in [-0.15, -0.1) is 0 Å². The minimum atomic E-state index is -3.96. The Kier molecular flexibility index (Phi) is 7.20. The fourth-order valence-corrected chi connectivity index (χ4v) is 4.40. The SMILES string of the molecule is Cc1cccc(C)c1-c1cc(Oc2ccc(OCC(C)C)nc2)nc(NS(=O)(=O)c2cnn(C)c2)n1. The maximum atomic E-state index is 12.9. The van der Waals surface area contributed by atoms with Crippen LogP contribution in [0.5, 0.6) is 17.5 Å². The summed E-state index contributed by atoms with van der Waals surface area (Å²) in [7, 11) is -2.33. The van der Waals surface area contributed by atoms with Gasteiger partial charge in [0.25, 0.3) is 10.0 Å². The number of aryl methyl sites for hydroxylation is 3. The monoisotopic (exact) mass is 508 g/mol. The van der Waals surface area contributed by atoms with E-state index in [1.807, 2.05) is 32.0 Å². The van der Waals surface area contributed by atoms with Crippen molar-refractivity contribution in [3.63, 3.8) is 0 Å². The Morgan fingerprint density at radius 1 is 1.03 bits per heavy atom. The Morgan fingerprint density at radius 3 is 2.39 bits per heavy atom. The number of pyridine rings is 1. The first-order valence-electron chi connectivity index (χ1n) is 11.3. The van der Waals surface area contributed by atoms with E-state index in [9.17, 15) is 8.42 Å². The fourth-order valence-electron chi connectivity index (χ4n) is 3.47. The molecule has 0 unspecified atom stereocenters. The molecule has 3 aromatic heterocycles. The summed E-state index contributed by atoms with van der Waals surface area (Å²) in [5, 5.41) is 3.93. The van der Waals surface area contributed by atoms with Gasteiger partial charge >= 0.3 is 0 Å². The van der Waals surface area contributed by atoms with Crippen molar-refractivity contribution < 1.29 is 17.9 Å². The minimum absolute atomic E-state index is 0.00488. The second-order valence-electron chi connectivity index (χ2n) is 8.78. The summed E-state index contributed by atoms with van der Waals surface area (Å²) >= 11 is 0. The average Bonchev–Trinajstić information content (AvgIpc) is 3.25. The highest BCUT2D eigenvalue weighted by atomic mass is 32.2. The Morgan fingerprint density at radius 2 is 1.78 bits per heavy atom. The van der Waals surface area contributed by atoms with Gasteiger partial charge in [-0.05, 0) is 37.0 Å². The van der Waals surface area contributed by atoms with Crippen LogP contribution in [-0.2, 0) is 17.1 Å². The number of sulfonamides is 1. The molecule has 4 aromatic rings. The highest BCUT2D eigenvalue weighted by molar-refractivity contribution is 7.92. The van der Waals surface area contributed by atoms with Gasteiger partial charge in [0.1, 0.15) is 10.6 Å². The van der Waals surface area contributed by atoms with Gasteiger partial charge in [-0.2, -0.15) is 10.1 Å². The zero-order valence-electron chi connectivity index (χ0n) is 20.8. The smallest absolute Gasteiger partial charge is 0.267 e. The zero-order valence-corrected chi connectivity index (χ0v) is 21.6. The van der Waals surface area contributed by atoms with Crippen LogP contribution < -0.4 is 14.2 Å². The lowest BCUT2D eigenvalue weighted by atomic mass is 10.00. The highest BCUT2D eigenvalue weighted by Gasteiger charge is 2.20. The third-order valence-corrected chi connectivity index (χ3v) is 6.44. The molecule has 0 bridgehead atoms. The lowest BCUT2D eigenvalue weighted by Crippen LogP contribution is -2.15. The quantitative estimate of drug-likeness (QED) is 0.350. The molecule has 0 aliphatic rings. The lowest BCUT2D eigenvalue weighted by molar-refractivity contribution is 0.261. The summed E-state index contributed by atoms with van der Waals surface area (Å²) in [6.07, 6.45) is 4.17. The number of nitrogens with one attached hydrogen (secondary N) is 1. The summed E-state index contributed by atoms with van der Waals surface area (Å²) < 4.78 is 41.2. The van der Waals surface area contributed by atoms with Gasteiger partial charge in [0.15, 0.2) is 0 Å². The molecule has 0 aliphatic carbocycles. The summed E-state index contributed by atoms with van der Waals surface area (Å²) in [5.41, 5.74) is 3.34. The number of hydrogen-bond acceptors (Lipinski definition) is 8. The predicted octanol–water partition coefficient (Wildman–Crippen LogP) is 4.52. The number of ether oxygens (including phenoxy) is 2. The normalized spacial score (nSPS) is 11.5. The van der Waals surface area contributed by atoms with E-state index in [-0.39, 0.29) is 16.7 Å². The Hall–Kier alpha value is -3.99. The van der Waals surface area contributed by atoms with Gasteiger partial charge in [0.2, 0.25) is 17.7 Å². The van der Waals surface area contributed by atoms with E-state index in [0.29, 0.717) is 29.8 Å². The van der Waals surface area contributed by atoms with Gasteiger partial charge < -0.3 is 9.47 Å². The summed E-state index contributed by atoms with van der Waals surface area (Å²) in [6.45, 7) is 8.59. The number of hydrogen-bond donors (Lipinski definition) is 1. The van der Waals surface area contributed by atoms with Crippen LogP contribution in [0.3, 0.4) is 0 Å². The van der Waals surface area contributed by atoms with Gasteiger partial charge in [-0.1, -0.05) is 32.0 Å². The van der Waals surface area contributed by atoms with E-state index in [2.05, 4.69) is 38.6 Å². The summed E-state index contributed by atoms with van der Waals surface area (Å²) in [4.78, 5) is 13.1. The average molecular weight is 509 g/mol. The van der Waals surface area contributed by atoms with E-state index in [0.717, 1.165) is 16.7 Å². The molecule has 10 nitrogen and oxygen atoms in total. The van der Waals surface area contributed by atoms with Gasteiger partial charge in [0, 0.05) is 30.9 Å². The number of benzene rings is 1.